The standard InChI is InChI=1S/C28H25N3O3S/c1-3-18-7-10-20(11-8-18)31-26(25(30-28(31)35)22-6-4-5-15-29-22)24-14-13-23(34-24)21-12-9-19(27(32)33)16-17(21)2/h4-16,25-26H,3H2,1-2H3,(H,30,35)(H,32,33). The second kappa shape index (κ2) is 9.35. The van der Waals surface area contributed by atoms with Crippen molar-refractivity contribution in [2.75, 3.05) is 4.90 Å². The smallest absolute Gasteiger partial charge is 0.335 e. The Morgan fingerprint density at radius 2 is 1.91 bits per heavy atom. The molecule has 2 N–H and O–H groups in total. The molecule has 0 saturated carbocycles. The number of rotatable bonds is 6. The fraction of sp³-hybridized carbons (Fsp3) is 0.179. The number of nitrogens with zero attached hydrogens (tertiary/aromatic N) is 2. The number of carboxylic acid groups (broad SMARTS) is 1. The number of aromatic carboxylic acids is 1. The minimum absolute atomic E-state index is 0.205. The van der Waals surface area contributed by atoms with Gasteiger partial charge in [0.15, 0.2) is 5.11 Å². The summed E-state index contributed by atoms with van der Waals surface area (Å²) in [5, 5.41) is 13.3. The number of carboxylic acids is 1. The number of hydrogen-bond acceptors (Lipinski definition) is 4. The second-order valence-corrected chi connectivity index (χ2v) is 8.94. The van der Waals surface area contributed by atoms with Gasteiger partial charge in [-0.2, -0.15) is 0 Å². The molecule has 1 fully saturated rings. The van der Waals surface area contributed by atoms with Crippen LogP contribution in [-0.2, 0) is 6.42 Å². The van der Waals surface area contributed by atoms with E-state index in [9.17, 15) is 9.90 Å². The van der Waals surface area contributed by atoms with E-state index in [0.717, 1.165) is 34.7 Å². The zero-order valence-electron chi connectivity index (χ0n) is 19.4. The lowest BCUT2D eigenvalue weighted by molar-refractivity contribution is 0.0697. The third-order valence-corrected chi connectivity index (χ3v) is 6.69. The summed E-state index contributed by atoms with van der Waals surface area (Å²) in [5.41, 5.74) is 5.03. The molecule has 0 bridgehead atoms. The van der Waals surface area contributed by atoms with Crippen LogP contribution in [0.1, 0.15) is 51.9 Å². The normalized spacial score (nSPS) is 17.4. The molecule has 4 aromatic rings. The summed E-state index contributed by atoms with van der Waals surface area (Å²) in [6, 6.07) is 22.7. The average molecular weight is 484 g/mol. The van der Waals surface area contributed by atoms with Crippen molar-refractivity contribution in [1.82, 2.24) is 10.3 Å². The first-order chi connectivity index (χ1) is 17.0. The number of nitrogens with one attached hydrogen (secondary N) is 1. The molecule has 0 aliphatic carbocycles. The summed E-state index contributed by atoms with van der Waals surface area (Å²) in [5.74, 6) is 0.464. The van der Waals surface area contributed by atoms with Gasteiger partial charge in [-0.1, -0.05) is 31.2 Å². The lowest BCUT2D eigenvalue weighted by Gasteiger charge is -2.26. The molecule has 3 heterocycles. The Hall–Kier alpha value is -3.97. The largest absolute Gasteiger partial charge is 0.478 e. The summed E-state index contributed by atoms with van der Waals surface area (Å²) < 4.78 is 6.42. The van der Waals surface area contributed by atoms with Crippen LogP contribution < -0.4 is 10.2 Å². The molecule has 176 valence electrons. The first-order valence-corrected chi connectivity index (χ1v) is 11.9. The molecule has 1 saturated heterocycles. The van der Waals surface area contributed by atoms with Crippen molar-refractivity contribution in [3.05, 3.63) is 107 Å². The van der Waals surface area contributed by atoms with E-state index < -0.39 is 5.97 Å². The zero-order chi connectivity index (χ0) is 24.5. The zero-order valence-corrected chi connectivity index (χ0v) is 20.3. The van der Waals surface area contributed by atoms with Gasteiger partial charge < -0.3 is 19.7 Å². The molecule has 2 atom stereocenters. The van der Waals surface area contributed by atoms with Gasteiger partial charge in [0.2, 0.25) is 0 Å². The summed E-state index contributed by atoms with van der Waals surface area (Å²) in [6.45, 7) is 4.01. The number of aryl methyl sites for hydroxylation is 2. The highest BCUT2D eigenvalue weighted by Gasteiger charge is 2.42. The van der Waals surface area contributed by atoms with Gasteiger partial charge in [-0.15, -0.1) is 0 Å². The van der Waals surface area contributed by atoms with Crippen LogP contribution in [0.15, 0.2) is 83.4 Å². The number of pyridine rings is 1. The van der Waals surface area contributed by atoms with Gasteiger partial charge in [-0.3, -0.25) is 4.98 Å². The predicted molar refractivity (Wildman–Crippen MR) is 140 cm³/mol. The predicted octanol–water partition coefficient (Wildman–Crippen LogP) is 6.09. The summed E-state index contributed by atoms with van der Waals surface area (Å²) >= 11 is 5.79. The van der Waals surface area contributed by atoms with Crippen LogP contribution in [-0.4, -0.2) is 21.2 Å². The molecule has 2 aromatic carbocycles. The molecule has 2 aromatic heterocycles. The number of hydrogen-bond donors (Lipinski definition) is 2. The van der Waals surface area contributed by atoms with Gasteiger partial charge in [0, 0.05) is 17.4 Å². The third-order valence-electron chi connectivity index (χ3n) is 6.38. The van der Waals surface area contributed by atoms with Crippen LogP contribution >= 0.6 is 12.2 Å². The van der Waals surface area contributed by atoms with Crippen LogP contribution in [0.4, 0.5) is 5.69 Å². The third kappa shape index (κ3) is 4.31. The average Bonchev–Trinajstić information content (AvgIpc) is 3.49. The quantitative estimate of drug-likeness (QED) is 0.321. The number of thiocarbonyl (C=S) groups is 1. The van der Waals surface area contributed by atoms with Crippen molar-refractivity contribution >= 4 is 29.0 Å². The fourth-order valence-corrected chi connectivity index (χ4v) is 4.89. The Labute approximate surface area is 209 Å². The SMILES string of the molecule is CCc1ccc(N2C(=S)NC(c3ccccn3)C2c2ccc(-c3ccc(C(=O)O)cc3C)o2)cc1. The number of benzene rings is 2. The van der Waals surface area contributed by atoms with Crippen LogP contribution in [0.5, 0.6) is 0 Å². The highest BCUT2D eigenvalue weighted by atomic mass is 32.1. The monoisotopic (exact) mass is 483 g/mol. The summed E-state index contributed by atoms with van der Waals surface area (Å²) in [7, 11) is 0. The van der Waals surface area contributed by atoms with Crippen molar-refractivity contribution < 1.29 is 14.3 Å². The molecule has 7 heteroatoms. The van der Waals surface area contributed by atoms with E-state index in [1.165, 1.54) is 5.56 Å². The Balaban J connectivity index is 1.57. The van der Waals surface area contributed by atoms with E-state index in [0.29, 0.717) is 10.9 Å². The molecule has 1 aliphatic rings. The number of aromatic nitrogens is 1. The van der Waals surface area contributed by atoms with Crippen molar-refractivity contribution in [2.45, 2.75) is 32.4 Å². The Kier molecular flexibility index (Phi) is 6.09. The van der Waals surface area contributed by atoms with Crippen LogP contribution in [0.25, 0.3) is 11.3 Å². The maximum absolute atomic E-state index is 11.3. The number of anilines is 1. The summed E-state index contributed by atoms with van der Waals surface area (Å²) in [6.07, 6.45) is 2.74. The van der Waals surface area contributed by atoms with Crippen molar-refractivity contribution in [3.8, 4) is 11.3 Å². The number of furan rings is 1. The van der Waals surface area contributed by atoms with E-state index >= 15 is 0 Å². The van der Waals surface area contributed by atoms with E-state index in [2.05, 4.69) is 46.4 Å². The second-order valence-electron chi connectivity index (χ2n) is 8.55. The van der Waals surface area contributed by atoms with Gasteiger partial charge in [0.05, 0.1) is 17.3 Å². The molecule has 6 nitrogen and oxygen atoms in total. The van der Waals surface area contributed by atoms with Gasteiger partial charge in [-0.25, -0.2) is 4.79 Å². The number of carbonyl (C=O) groups is 1. The van der Waals surface area contributed by atoms with E-state index in [1.807, 2.05) is 37.3 Å². The van der Waals surface area contributed by atoms with Crippen LogP contribution in [0.2, 0.25) is 0 Å². The van der Waals surface area contributed by atoms with Gasteiger partial charge in [-0.05, 0) is 85.2 Å². The highest BCUT2D eigenvalue weighted by Crippen LogP contribution is 2.43. The lowest BCUT2D eigenvalue weighted by Crippen LogP contribution is -2.29. The first kappa shape index (κ1) is 22.8. The molecule has 35 heavy (non-hydrogen) atoms. The topological polar surface area (TPSA) is 78.6 Å². The van der Waals surface area contributed by atoms with E-state index in [1.54, 1.807) is 24.4 Å². The molecule has 2 unspecified atom stereocenters. The minimum atomic E-state index is -0.951. The van der Waals surface area contributed by atoms with Crippen molar-refractivity contribution in [3.63, 3.8) is 0 Å². The van der Waals surface area contributed by atoms with Gasteiger partial charge >= 0.3 is 5.97 Å². The van der Waals surface area contributed by atoms with Crippen LogP contribution in [0.3, 0.4) is 0 Å². The molecule has 0 amide bonds. The molecular formula is C28H25N3O3S. The minimum Gasteiger partial charge on any atom is -0.478 e. The van der Waals surface area contributed by atoms with Crippen molar-refractivity contribution in [2.24, 2.45) is 0 Å². The molecular weight excluding hydrogens is 458 g/mol. The maximum atomic E-state index is 11.3. The van der Waals surface area contributed by atoms with E-state index in [4.69, 9.17) is 16.6 Å². The Bertz CT molecular complexity index is 1380. The molecule has 0 radical (unpaired) electrons. The van der Waals surface area contributed by atoms with Gasteiger partial charge in [0.1, 0.15) is 17.6 Å². The Morgan fingerprint density at radius 3 is 2.57 bits per heavy atom. The lowest BCUT2D eigenvalue weighted by atomic mass is 10.0. The molecule has 0 spiro atoms. The highest BCUT2D eigenvalue weighted by molar-refractivity contribution is 7.80. The van der Waals surface area contributed by atoms with Gasteiger partial charge in [0.25, 0.3) is 0 Å². The maximum Gasteiger partial charge on any atom is 0.335 e. The Morgan fingerprint density at radius 1 is 1.11 bits per heavy atom. The van der Waals surface area contributed by atoms with Crippen LogP contribution in [0, 0.1) is 6.92 Å². The molecule has 5 rings (SSSR count). The first-order valence-electron chi connectivity index (χ1n) is 11.5. The molecule has 1 aliphatic heterocycles. The van der Waals surface area contributed by atoms with Crippen molar-refractivity contribution in [1.29, 1.82) is 0 Å². The van der Waals surface area contributed by atoms with E-state index in [-0.39, 0.29) is 17.6 Å². The summed E-state index contributed by atoms with van der Waals surface area (Å²) in [4.78, 5) is 18.0. The fourth-order valence-electron chi connectivity index (χ4n) is 4.54.